The van der Waals surface area contributed by atoms with E-state index in [-0.39, 0.29) is 36.1 Å². The average Bonchev–Trinajstić information content (AvgIpc) is 2.11. The van der Waals surface area contributed by atoms with Crippen LogP contribution in [0.5, 0.6) is 0 Å². The number of ketones is 1. The molecular weight excluding hydrogens is 184 g/mol. The Labute approximate surface area is 82.2 Å². The van der Waals surface area contributed by atoms with Gasteiger partial charge in [0.05, 0.1) is 0 Å². The van der Waals surface area contributed by atoms with E-state index in [0.29, 0.717) is 0 Å². The van der Waals surface area contributed by atoms with Crippen molar-refractivity contribution in [2.45, 2.75) is 25.9 Å². The summed E-state index contributed by atoms with van der Waals surface area (Å²) in [6, 6.07) is 0. The summed E-state index contributed by atoms with van der Waals surface area (Å²) in [6.45, 7) is 1.32. The number of Topliss-reactive ketones (excluding diaryl/α,β-unsaturated/α-hetero) is 1. The first-order chi connectivity index (χ1) is 6.50. The number of carbonyl (C=O) groups excluding carboxylic acids is 1. The van der Waals surface area contributed by atoms with Crippen molar-refractivity contribution in [2.75, 3.05) is 0 Å². The lowest BCUT2D eigenvalue weighted by molar-refractivity contribution is -0.125. The molecule has 4 heteroatoms. The molecule has 78 valence electrons. The van der Waals surface area contributed by atoms with Crippen molar-refractivity contribution in [2.24, 2.45) is 5.92 Å². The number of hydrogen-bond acceptors (Lipinski definition) is 4. The molecule has 0 saturated heterocycles. The third-order valence-corrected chi connectivity index (χ3v) is 2.27. The van der Waals surface area contributed by atoms with Crippen LogP contribution in [0.2, 0.25) is 0 Å². The third kappa shape index (κ3) is 2.60. The van der Waals surface area contributed by atoms with Gasteiger partial charge in [-0.1, -0.05) is 6.08 Å². The fourth-order valence-corrected chi connectivity index (χ4v) is 1.36. The van der Waals surface area contributed by atoms with Gasteiger partial charge in [-0.25, -0.2) is 0 Å². The quantitative estimate of drug-likeness (QED) is 0.637. The molecule has 0 aromatic rings. The highest BCUT2D eigenvalue weighted by Crippen LogP contribution is 2.24. The molecule has 3 N–H and O–H groups in total. The minimum Gasteiger partial charge on any atom is -0.508 e. The highest BCUT2D eigenvalue weighted by Gasteiger charge is 2.20. The second-order valence-electron chi connectivity index (χ2n) is 3.52. The predicted molar refractivity (Wildman–Crippen MR) is 50.8 cm³/mol. The molecule has 1 unspecified atom stereocenters. The van der Waals surface area contributed by atoms with Crippen molar-refractivity contribution >= 4 is 5.78 Å². The van der Waals surface area contributed by atoms with Crippen molar-refractivity contribution in [3.05, 3.63) is 23.7 Å². The molecule has 0 amide bonds. The first-order valence-electron chi connectivity index (χ1n) is 4.48. The summed E-state index contributed by atoms with van der Waals surface area (Å²) in [6.07, 6.45) is 2.63. The van der Waals surface area contributed by atoms with E-state index < -0.39 is 6.10 Å². The normalized spacial score (nSPS) is 23.7. The fraction of sp³-hybridized carbons (Fsp3) is 0.500. The second-order valence-corrected chi connectivity index (χ2v) is 3.52. The highest BCUT2D eigenvalue weighted by atomic mass is 16.3. The molecule has 4 nitrogen and oxygen atoms in total. The molecule has 0 aromatic heterocycles. The zero-order chi connectivity index (χ0) is 10.7. The van der Waals surface area contributed by atoms with E-state index in [4.69, 9.17) is 5.11 Å². The standard InChI is InChI=1S/C10H14O4/c1-6(11)9(13)4-7-2-3-8(12)10(14)5-7/h2-3,7,9,12-14H,4-5H2,1H3/t7?,9-/m0/s1. The highest BCUT2D eigenvalue weighted by molar-refractivity contribution is 5.80. The molecule has 0 radical (unpaired) electrons. The number of carbonyl (C=O) groups is 1. The predicted octanol–water partition coefficient (Wildman–Crippen LogP) is 1.23. The molecule has 0 saturated carbocycles. The molecule has 1 rings (SSSR count). The second kappa shape index (κ2) is 4.28. The maximum Gasteiger partial charge on any atom is 0.158 e. The molecule has 14 heavy (non-hydrogen) atoms. The summed E-state index contributed by atoms with van der Waals surface area (Å²) in [5, 5.41) is 27.6. The van der Waals surface area contributed by atoms with Crippen LogP contribution in [-0.4, -0.2) is 27.2 Å². The van der Waals surface area contributed by atoms with Gasteiger partial charge in [-0.05, 0) is 25.3 Å². The van der Waals surface area contributed by atoms with Gasteiger partial charge in [-0.2, -0.15) is 0 Å². The molecule has 0 spiro atoms. The summed E-state index contributed by atoms with van der Waals surface area (Å²) in [4.78, 5) is 10.8. The number of hydrogen-bond donors (Lipinski definition) is 3. The van der Waals surface area contributed by atoms with E-state index in [1.807, 2.05) is 0 Å². The van der Waals surface area contributed by atoms with Gasteiger partial charge >= 0.3 is 0 Å². The van der Waals surface area contributed by atoms with Crippen LogP contribution in [0.15, 0.2) is 23.7 Å². The summed E-state index contributed by atoms with van der Waals surface area (Å²) in [7, 11) is 0. The van der Waals surface area contributed by atoms with E-state index in [9.17, 15) is 15.0 Å². The molecule has 1 aliphatic carbocycles. The molecule has 0 aliphatic heterocycles. The van der Waals surface area contributed by atoms with E-state index in [2.05, 4.69) is 0 Å². The number of rotatable bonds is 3. The lowest BCUT2D eigenvalue weighted by Crippen LogP contribution is -2.21. The number of allylic oxidation sites excluding steroid dienone is 3. The van der Waals surface area contributed by atoms with Gasteiger partial charge < -0.3 is 15.3 Å². The number of aliphatic hydroxyl groups excluding tert-OH is 3. The third-order valence-electron chi connectivity index (χ3n) is 2.27. The van der Waals surface area contributed by atoms with Crippen LogP contribution in [-0.2, 0) is 4.79 Å². The van der Waals surface area contributed by atoms with Crippen molar-refractivity contribution in [1.29, 1.82) is 0 Å². The lowest BCUT2D eigenvalue weighted by Gasteiger charge is -2.18. The number of aliphatic hydroxyl groups is 3. The van der Waals surface area contributed by atoms with Crippen molar-refractivity contribution in [1.82, 2.24) is 0 Å². The first kappa shape index (κ1) is 10.8. The van der Waals surface area contributed by atoms with E-state index >= 15 is 0 Å². The van der Waals surface area contributed by atoms with Crippen LogP contribution in [0.1, 0.15) is 19.8 Å². The fourth-order valence-electron chi connectivity index (χ4n) is 1.36. The van der Waals surface area contributed by atoms with E-state index in [1.165, 1.54) is 13.0 Å². The molecule has 0 fully saturated rings. The Morgan fingerprint density at radius 3 is 2.79 bits per heavy atom. The van der Waals surface area contributed by atoms with Gasteiger partial charge in [0, 0.05) is 6.42 Å². The minimum atomic E-state index is -0.988. The maximum absolute atomic E-state index is 10.8. The Morgan fingerprint density at radius 2 is 2.29 bits per heavy atom. The monoisotopic (exact) mass is 198 g/mol. The molecule has 0 bridgehead atoms. The average molecular weight is 198 g/mol. The molecule has 0 heterocycles. The Bertz CT molecular complexity index is 290. The Hall–Kier alpha value is -1.29. The van der Waals surface area contributed by atoms with Crippen LogP contribution in [0.4, 0.5) is 0 Å². The summed E-state index contributed by atoms with van der Waals surface area (Å²) in [5.74, 6) is -0.603. The molecule has 2 atom stereocenters. The van der Waals surface area contributed by atoms with E-state index in [1.54, 1.807) is 6.08 Å². The van der Waals surface area contributed by atoms with Crippen LogP contribution in [0, 0.1) is 5.92 Å². The summed E-state index contributed by atoms with van der Waals surface area (Å²) in [5.41, 5.74) is 0. The summed E-state index contributed by atoms with van der Waals surface area (Å²) >= 11 is 0. The van der Waals surface area contributed by atoms with Gasteiger partial charge in [0.25, 0.3) is 0 Å². The maximum atomic E-state index is 10.8. The van der Waals surface area contributed by atoms with Crippen LogP contribution < -0.4 is 0 Å². The van der Waals surface area contributed by atoms with E-state index in [0.717, 1.165) is 0 Å². The van der Waals surface area contributed by atoms with Crippen molar-refractivity contribution < 1.29 is 20.1 Å². The van der Waals surface area contributed by atoms with Gasteiger partial charge in [-0.3, -0.25) is 4.79 Å². The Balaban J connectivity index is 2.52. The van der Waals surface area contributed by atoms with Gasteiger partial charge in [0.2, 0.25) is 0 Å². The van der Waals surface area contributed by atoms with Crippen LogP contribution in [0.25, 0.3) is 0 Å². The van der Waals surface area contributed by atoms with Crippen molar-refractivity contribution in [3.8, 4) is 0 Å². The van der Waals surface area contributed by atoms with Gasteiger partial charge in [0.15, 0.2) is 11.5 Å². The minimum absolute atomic E-state index is 0.0896. The zero-order valence-corrected chi connectivity index (χ0v) is 7.97. The van der Waals surface area contributed by atoms with Crippen LogP contribution in [0.3, 0.4) is 0 Å². The topological polar surface area (TPSA) is 77.8 Å². The Kier molecular flexibility index (Phi) is 3.30. The van der Waals surface area contributed by atoms with Gasteiger partial charge in [0.1, 0.15) is 11.9 Å². The largest absolute Gasteiger partial charge is 0.508 e. The molecule has 0 aromatic carbocycles. The molecular formula is C10H14O4. The van der Waals surface area contributed by atoms with Crippen LogP contribution >= 0.6 is 0 Å². The zero-order valence-electron chi connectivity index (χ0n) is 7.97. The summed E-state index contributed by atoms with van der Waals surface area (Å²) < 4.78 is 0. The smallest absolute Gasteiger partial charge is 0.158 e. The lowest BCUT2D eigenvalue weighted by atomic mass is 9.92. The first-order valence-corrected chi connectivity index (χ1v) is 4.48. The van der Waals surface area contributed by atoms with Gasteiger partial charge in [-0.15, -0.1) is 0 Å². The molecule has 1 aliphatic rings. The Morgan fingerprint density at radius 1 is 1.64 bits per heavy atom. The SMILES string of the molecule is CC(=O)[C@@H](O)CC1C=CC(O)=C(O)C1. The van der Waals surface area contributed by atoms with Crippen molar-refractivity contribution in [3.63, 3.8) is 0 Å².